The number of nitrogens with zero attached hydrogens (tertiary/aromatic N) is 4. The molecular formula is C19H17F3N4O4. The quantitative estimate of drug-likeness (QED) is 0.684. The summed E-state index contributed by atoms with van der Waals surface area (Å²) in [7, 11) is 0. The molecule has 3 saturated heterocycles. The number of hydrogen-bond donors (Lipinski definition) is 0. The summed E-state index contributed by atoms with van der Waals surface area (Å²) >= 11 is 0. The maximum absolute atomic E-state index is 13.3. The predicted octanol–water partition coefficient (Wildman–Crippen LogP) is 2.72. The van der Waals surface area contributed by atoms with Crippen LogP contribution in [0.3, 0.4) is 0 Å². The van der Waals surface area contributed by atoms with E-state index in [1.165, 1.54) is 15.9 Å². The van der Waals surface area contributed by atoms with Gasteiger partial charge in [-0.1, -0.05) is 0 Å². The molecule has 4 amide bonds. The Morgan fingerprint density at radius 3 is 2.60 bits per heavy atom. The summed E-state index contributed by atoms with van der Waals surface area (Å²) in [5.41, 5.74) is -2.09. The first-order valence-corrected chi connectivity index (χ1v) is 9.29. The molecule has 1 aromatic carbocycles. The molecule has 0 aromatic heterocycles. The topological polar surface area (TPSA) is 94.0 Å². The summed E-state index contributed by atoms with van der Waals surface area (Å²) in [5, 5.41) is 8.94. The van der Waals surface area contributed by atoms with Crippen LogP contribution in [0.4, 0.5) is 28.4 Å². The van der Waals surface area contributed by atoms with Gasteiger partial charge in [-0.25, -0.2) is 14.5 Å². The minimum absolute atomic E-state index is 0.195. The van der Waals surface area contributed by atoms with Gasteiger partial charge in [-0.05, 0) is 38.5 Å². The number of likely N-dealkylation sites (tertiary alicyclic amines) is 1. The molecule has 0 saturated carbocycles. The van der Waals surface area contributed by atoms with Gasteiger partial charge in [0.2, 0.25) is 0 Å². The van der Waals surface area contributed by atoms with Crippen LogP contribution < -0.4 is 4.90 Å². The average Bonchev–Trinajstić information content (AvgIpc) is 3.31. The Balaban J connectivity index is 1.66. The second kappa shape index (κ2) is 6.62. The Kier molecular flexibility index (Phi) is 4.41. The number of fused-ring (bicyclic) bond motifs is 5. The van der Waals surface area contributed by atoms with Crippen molar-refractivity contribution in [1.82, 2.24) is 9.80 Å². The van der Waals surface area contributed by atoms with Crippen molar-refractivity contribution in [2.24, 2.45) is 0 Å². The molecule has 0 aliphatic carbocycles. The van der Waals surface area contributed by atoms with Crippen LogP contribution in [0.5, 0.6) is 0 Å². The lowest BCUT2D eigenvalue weighted by Gasteiger charge is -2.34. The van der Waals surface area contributed by atoms with Crippen LogP contribution in [0.25, 0.3) is 0 Å². The van der Waals surface area contributed by atoms with Gasteiger partial charge in [0.05, 0.1) is 41.1 Å². The van der Waals surface area contributed by atoms with Gasteiger partial charge < -0.3 is 14.5 Å². The summed E-state index contributed by atoms with van der Waals surface area (Å²) in [4.78, 5) is 41.7. The molecule has 11 heteroatoms. The van der Waals surface area contributed by atoms with Gasteiger partial charge in [-0.15, -0.1) is 0 Å². The third-order valence-corrected chi connectivity index (χ3v) is 5.52. The Labute approximate surface area is 169 Å². The molecule has 3 unspecified atom stereocenters. The first-order valence-electron chi connectivity index (χ1n) is 9.29. The molecule has 3 aliphatic rings. The number of piperazine rings is 1. The number of imide groups is 1. The molecule has 3 fully saturated rings. The van der Waals surface area contributed by atoms with Crippen molar-refractivity contribution in [2.45, 2.75) is 50.7 Å². The number of urea groups is 1. The van der Waals surface area contributed by atoms with Crippen LogP contribution in [0.2, 0.25) is 0 Å². The fourth-order valence-corrected chi connectivity index (χ4v) is 4.38. The van der Waals surface area contributed by atoms with Gasteiger partial charge in [-0.2, -0.15) is 18.4 Å². The van der Waals surface area contributed by atoms with Crippen LogP contribution in [0.15, 0.2) is 18.2 Å². The molecular weight excluding hydrogens is 405 g/mol. The normalized spacial score (nSPS) is 25.2. The first-order chi connectivity index (χ1) is 14.0. The monoisotopic (exact) mass is 422 g/mol. The van der Waals surface area contributed by atoms with Crippen LogP contribution in [0.1, 0.15) is 31.4 Å². The fourth-order valence-electron chi connectivity index (χ4n) is 4.38. The lowest BCUT2D eigenvalue weighted by molar-refractivity contribution is -0.137. The minimum Gasteiger partial charge on any atom is -0.447 e. The van der Waals surface area contributed by atoms with Gasteiger partial charge in [0.15, 0.2) is 0 Å². The summed E-state index contributed by atoms with van der Waals surface area (Å²) in [6.45, 7) is 3.57. The number of anilines is 1. The molecule has 0 N–H and O–H groups in total. The fraction of sp³-hybridized carbons (Fsp3) is 0.474. The summed E-state index contributed by atoms with van der Waals surface area (Å²) in [5.74, 6) is -0.702. The van der Waals surface area contributed by atoms with E-state index in [0.717, 1.165) is 12.1 Å². The number of amides is 4. The number of ether oxygens (including phenoxy) is 1. The molecule has 3 aliphatic heterocycles. The van der Waals surface area contributed by atoms with E-state index in [4.69, 9.17) is 10.00 Å². The molecule has 2 bridgehead atoms. The van der Waals surface area contributed by atoms with E-state index in [2.05, 4.69) is 0 Å². The van der Waals surface area contributed by atoms with Crippen molar-refractivity contribution in [3.05, 3.63) is 29.3 Å². The Hall–Kier alpha value is -3.29. The van der Waals surface area contributed by atoms with Crippen molar-refractivity contribution in [1.29, 1.82) is 5.26 Å². The zero-order valence-electron chi connectivity index (χ0n) is 16.0. The zero-order valence-corrected chi connectivity index (χ0v) is 16.0. The smallest absolute Gasteiger partial charge is 0.417 e. The summed E-state index contributed by atoms with van der Waals surface area (Å²) in [6, 6.07) is 1.45. The van der Waals surface area contributed by atoms with Gasteiger partial charge in [0, 0.05) is 6.54 Å². The SMILES string of the molecule is CC(C)OC(=O)N1CC2CC1C1C(=O)N(c3ccc(C#N)c(C(F)(F)F)c3)C(=O)N21. The summed E-state index contributed by atoms with van der Waals surface area (Å²) in [6.07, 6.45) is -5.36. The van der Waals surface area contributed by atoms with Crippen LogP contribution in [-0.2, 0) is 15.7 Å². The highest BCUT2D eigenvalue weighted by Crippen LogP contribution is 2.43. The number of hydrogen-bond acceptors (Lipinski definition) is 5. The lowest BCUT2D eigenvalue weighted by Crippen LogP contribution is -2.55. The molecule has 1 aromatic rings. The van der Waals surface area contributed by atoms with Crippen LogP contribution >= 0.6 is 0 Å². The largest absolute Gasteiger partial charge is 0.447 e. The molecule has 0 radical (unpaired) electrons. The van der Waals surface area contributed by atoms with Gasteiger partial charge in [-0.3, -0.25) is 4.79 Å². The highest BCUT2D eigenvalue weighted by molar-refractivity contribution is 6.22. The molecule has 3 atom stereocenters. The standard InChI is InChI=1S/C19H17F3N4O4/c1-9(2)30-18(29)24-8-12-6-14(24)15-16(27)26(17(28)25(12)15)11-4-3-10(7-23)13(5-11)19(20,21)22/h3-5,9,12,14-15H,6,8H2,1-2H3. The number of carbonyl (C=O) groups is 3. The van der Waals surface area contributed by atoms with E-state index in [1.807, 2.05) is 0 Å². The van der Waals surface area contributed by atoms with Crippen molar-refractivity contribution in [3.63, 3.8) is 0 Å². The van der Waals surface area contributed by atoms with E-state index in [1.54, 1.807) is 13.8 Å². The third-order valence-electron chi connectivity index (χ3n) is 5.52. The molecule has 8 nitrogen and oxygen atoms in total. The summed E-state index contributed by atoms with van der Waals surface area (Å²) < 4.78 is 45.1. The first kappa shape index (κ1) is 20.0. The highest BCUT2D eigenvalue weighted by atomic mass is 19.4. The van der Waals surface area contributed by atoms with Crippen molar-refractivity contribution < 1.29 is 32.3 Å². The molecule has 3 heterocycles. The van der Waals surface area contributed by atoms with Crippen LogP contribution in [0, 0.1) is 11.3 Å². The average molecular weight is 422 g/mol. The molecule has 30 heavy (non-hydrogen) atoms. The Bertz CT molecular complexity index is 987. The lowest BCUT2D eigenvalue weighted by atomic mass is 10.1. The van der Waals surface area contributed by atoms with Crippen LogP contribution in [-0.4, -0.2) is 58.6 Å². The van der Waals surface area contributed by atoms with Crippen molar-refractivity contribution in [2.75, 3.05) is 11.4 Å². The Morgan fingerprint density at radius 2 is 2.00 bits per heavy atom. The zero-order chi connectivity index (χ0) is 22.0. The van der Waals surface area contributed by atoms with E-state index < -0.39 is 53.5 Å². The molecule has 0 spiro atoms. The van der Waals surface area contributed by atoms with E-state index in [9.17, 15) is 27.6 Å². The number of nitriles is 1. The van der Waals surface area contributed by atoms with Gasteiger partial charge in [0.1, 0.15) is 6.04 Å². The van der Waals surface area contributed by atoms with Gasteiger partial charge >= 0.3 is 18.3 Å². The number of rotatable bonds is 2. The number of benzene rings is 1. The van der Waals surface area contributed by atoms with Crippen molar-refractivity contribution >= 4 is 23.7 Å². The molecule has 4 rings (SSSR count). The Morgan fingerprint density at radius 1 is 1.30 bits per heavy atom. The van der Waals surface area contributed by atoms with E-state index >= 15 is 0 Å². The van der Waals surface area contributed by atoms with E-state index in [-0.39, 0.29) is 18.3 Å². The van der Waals surface area contributed by atoms with Gasteiger partial charge in [0.25, 0.3) is 5.91 Å². The third kappa shape index (κ3) is 2.86. The second-order valence-corrected chi connectivity index (χ2v) is 7.69. The maximum Gasteiger partial charge on any atom is 0.417 e. The molecule has 158 valence electrons. The second-order valence-electron chi connectivity index (χ2n) is 7.69. The number of halogens is 3. The maximum atomic E-state index is 13.3. The van der Waals surface area contributed by atoms with E-state index in [0.29, 0.717) is 17.4 Å². The highest BCUT2D eigenvalue weighted by Gasteiger charge is 2.63. The number of carbonyl (C=O) groups excluding carboxylic acids is 3. The van der Waals surface area contributed by atoms with Crippen molar-refractivity contribution in [3.8, 4) is 6.07 Å². The predicted molar refractivity (Wildman–Crippen MR) is 95.2 cm³/mol. The number of alkyl halides is 3. The minimum atomic E-state index is -4.82.